The summed E-state index contributed by atoms with van der Waals surface area (Å²) in [6.45, 7) is 8.68. The number of carbonyl (C=O) groups excluding carboxylic acids is 2. The molecule has 8 heteroatoms. The Balaban J connectivity index is 1.61. The number of piperazine rings is 1. The number of rotatable bonds is 5. The number of hydrogen-bond acceptors (Lipinski definition) is 6. The first-order chi connectivity index (χ1) is 14.0. The van der Waals surface area contributed by atoms with E-state index in [-0.39, 0.29) is 12.0 Å². The van der Waals surface area contributed by atoms with Crippen molar-refractivity contribution in [3.8, 4) is 0 Å². The Morgan fingerprint density at radius 1 is 1.10 bits per heavy atom. The Bertz CT molecular complexity index is 846. The quantitative estimate of drug-likeness (QED) is 0.834. The van der Waals surface area contributed by atoms with Gasteiger partial charge in [0.25, 0.3) is 5.91 Å². The lowest BCUT2D eigenvalue weighted by molar-refractivity contribution is 0.102. The minimum absolute atomic E-state index is 0.239. The number of nitrogens with one attached hydrogen (secondary N) is 1. The highest BCUT2D eigenvalue weighted by Gasteiger charge is 2.23. The Morgan fingerprint density at radius 3 is 2.38 bits per heavy atom. The van der Waals surface area contributed by atoms with E-state index in [4.69, 9.17) is 4.74 Å². The maximum Gasteiger partial charge on any atom is 0.409 e. The minimum Gasteiger partial charge on any atom is -0.450 e. The van der Waals surface area contributed by atoms with Gasteiger partial charge in [-0.1, -0.05) is 32.0 Å². The Kier molecular flexibility index (Phi) is 6.64. The normalized spacial score (nSPS) is 14.1. The molecular weight excluding hydrogens is 370 g/mol. The van der Waals surface area contributed by atoms with Crippen LogP contribution in [0.2, 0.25) is 0 Å². The van der Waals surface area contributed by atoms with Crippen molar-refractivity contribution >= 4 is 23.6 Å². The van der Waals surface area contributed by atoms with Crippen LogP contribution >= 0.6 is 0 Å². The number of benzene rings is 1. The van der Waals surface area contributed by atoms with E-state index in [1.54, 1.807) is 11.8 Å². The molecule has 1 saturated heterocycles. The summed E-state index contributed by atoms with van der Waals surface area (Å²) >= 11 is 0. The van der Waals surface area contributed by atoms with Crippen LogP contribution in [0, 0.1) is 0 Å². The third kappa shape index (κ3) is 5.01. The zero-order valence-corrected chi connectivity index (χ0v) is 17.1. The standard InChI is InChI=1S/C21H27N5O3/c1-4-29-21(28)26-11-9-25(10-12-26)20-22-13-16(14-23-20)19(27)24-18-8-6-5-7-17(18)15(2)3/h5-8,13-15H,4,9-12H2,1-3H3,(H,24,27). The smallest absolute Gasteiger partial charge is 0.409 e. The molecule has 8 nitrogen and oxygen atoms in total. The molecule has 154 valence electrons. The fourth-order valence-corrected chi connectivity index (χ4v) is 3.21. The van der Waals surface area contributed by atoms with Crippen molar-refractivity contribution in [2.75, 3.05) is 43.0 Å². The van der Waals surface area contributed by atoms with Gasteiger partial charge in [-0.2, -0.15) is 0 Å². The van der Waals surface area contributed by atoms with Crippen molar-refractivity contribution in [3.05, 3.63) is 47.8 Å². The topological polar surface area (TPSA) is 87.7 Å². The zero-order valence-electron chi connectivity index (χ0n) is 17.1. The Labute approximate surface area is 170 Å². The molecule has 1 aromatic carbocycles. The number of para-hydroxylation sites is 1. The minimum atomic E-state index is -0.290. The third-order valence-corrected chi connectivity index (χ3v) is 4.82. The fraction of sp³-hybridized carbons (Fsp3) is 0.429. The van der Waals surface area contributed by atoms with Gasteiger partial charge in [-0.25, -0.2) is 14.8 Å². The molecular formula is C21H27N5O3. The van der Waals surface area contributed by atoms with Crippen LogP contribution in [0.5, 0.6) is 0 Å². The second-order valence-corrected chi connectivity index (χ2v) is 7.14. The van der Waals surface area contributed by atoms with Crippen LogP contribution in [0.1, 0.15) is 42.6 Å². The molecule has 1 aliphatic heterocycles. The van der Waals surface area contributed by atoms with Crippen molar-refractivity contribution in [3.63, 3.8) is 0 Å². The van der Waals surface area contributed by atoms with Crippen molar-refractivity contribution in [1.82, 2.24) is 14.9 Å². The summed E-state index contributed by atoms with van der Waals surface area (Å²) in [6.07, 6.45) is 2.78. The first-order valence-corrected chi connectivity index (χ1v) is 9.88. The van der Waals surface area contributed by atoms with E-state index in [1.165, 1.54) is 12.4 Å². The molecule has 0 atom stereocenters. The second-order valence-electron chi connectivity index (χ2n) is 7.14. The summed E-state index contributed by atoms with van der Waals surface area (Å²) in [6, 6.07) is 7.77. The number of nitrogens with zero attached hydrogens (tertiary/aromatic N) is 4. The van der Waals surface area contributed by atoms with Gasteiger partial charge in [-0.3, -0.25) is 4.79 Å². The average molecular weight is 397 g/mol. The number of carbonyl (C=O) groups is 2. The molecule has 0 unspecified atom stereocenters. The van der Waals surface area contributed by atoms with E-state index in [0.29, 0.717) is 50.2 Å². The summed E-state index contributed by atoms with van der Waals surface area (Å²) in [5.41, 5.74) is 2.28. The molecule has 1 fully saturated rings. The van der Waals surface area contributed by atoms with Gasteiger partial charge in [0, 0.05) is 44.3 Å². The van der Waals surface area contributed by atoms with E-state index >= 15 is 0 Å². The van der Waals surface area contributed by atoms with Crippen molar-refractivity contribution in [2.24, 2.45) is 0 Å². The summed E-state index contributed by atoms with van der Waals surface area (Å²) < 4.78 is 5.03. The number of anilines is 2. The summed E-state index contributed by atoms with van der Waals surface area (Å²) in [4.78, 5) is 36.7. The van der Waals surface area contributed by atoms with E-state index < -0.39 is 0 Å². The molecule has 1 N–H and O–H groups in total. The van der Waals surface area contributed by atoms with Gasteiger partial charge in [-0.05, 0) is 24.5 Å². The fourth-order valence-electron chi connectivity index (χ4n) is 3.21. The molecule has 0 aliphatic carbocycles. The molecule has 3 rings (SSSR count). The van der Waals surface area contributed by atoms with Gasteiger partial charge in [-0.15, -0.1) is 0 Å². The van der Waals surface area contributed by atoms with Crippen LogP contribution in [-0.4, -0.2) is 59.7 Å². The van der Waals surface area contributed by atoms with Crippen LogP contribution in [0.15, 0.2) is 36.7 Å². The highest BCUT2D eigenvalue weighted by Crippen LogP contribution is 2.24. The summed E-state index contributed by atoms with van der Waals surface area (Å²) in [5.74, 6) is 0.614. The zero-order chi connectivity index (χ0) is 20.8. The van der Waals surface area contributed by atoms with Crippen molar-refractivity contribution < 1.29 is 14.3 Å². The Hall–Kier alpha value is -3.16. The van der Waals surface area contributed by atoms with Crippen molar-refractivity contribution in [2.45, 2.75) is 26.7 Å². The van der Waals surface area contributed by atoms with Gasteiger partial charge >= 0.3 is 6.09 Å². The van der Waals surface area contributed by atoms with Gasteiger partial charge < -0.3 is 19.9 Å². The van der Waals surface area contributed by atoms with Crippen LogP contribution in [0.25, 0.3) is 0 Å². The molecule has 29 heavy (non-hydrogen) atoms. The monoisotopic (exact) mass is 397 g/mol. The number of ether oxygens (including phenoxy) is 1. The first-order valence-electron chi connectivity index (χ1n) is 9.88. The molecule has 0 spiro atoms. The van der Waals surface area contributed by atoms with Crippen LogP contribution in [0.3, 0.4) is 0 Å². The summed E-state index contributed by atoms with van der Waals surface area (Å²) in [7, 11) is 0. The lowest BCUT2D eigenvalue weighted by Crippen LogP contribution is -2.49. The van der Waals surface area contributed by atoms with Crippen molar-refractivity contribution in [1.29, 1.82) is 0 Å². The highest BCUT2D eigenvalue weighted by molar-refractivity contribution is 6.04. The second kappa shape index (κ2) is 9.36. The van der Waals surface area contributed by atoms with E-state index in [0.717, 1.165) is 11.3 Å². The molecule has 0 saturated carbocycles. The summed E-state index contributed by atoms with van der Waals surface area (Å²) in [5, 5.41) is 2.95. The van der Waals surface area contributed by atoms with Crippen LogP contribution < -0.4 is 10.2 Å². The first kappa shape index (κ1) is 20.6. The number of amides is 2. The third-order valence-electron chi connectivity index (χ3n) is 4.82. The van der Waals surface area contributed by atoms with Crippen LogP contribution in [-0.2, 0) is 4.74 Å². The molecule has 2 aromatic rings. The Morgan fingerprint density at radius 2 is 1.76 bits per heavy atom. The maximum atomic E-state index is 12.6. The van der Waals surface area contributed by atoms with Crippen LogP contribution in [0.4, 0.5) is 16.4 Å². The number of aromatic nitrogens is 2. The lowest BCUT2D eigenvalue weighted by Gasteiger charge is -2.33. The van der Waals surface area contributed by atoms with E-state index in [2.05, 4.69) is 29.1 Å². The lowest BCUT2D eigenvalue weighted by atomic mass is 10.0. The van der Waals surface area contributed by atoms with E-state index in [1.807, 2.05) is 29.2 Å². The predicted octanol–water partition coefficient (Wildman–Crippen LogP) is 3.13. The van der Waals surface area contributed by atoms with Gasteiger partial charge in [0.2, 0.25) is 5.95 Å². The molecule has 0 bridgehead atoms. The predicted molar refractivity (Wildman–Crippen MR) is 111 cm³/mol. The molecule has 1 aliphatic rings. The molecule has 2 amide bonds. The largest absolute Gasteiger partial charge is 0.450 e. The highest BCUT2D eigenvalue weighted by atomic mass is 16.6. The maximum absolute atomic E-state index is 12.6. The molecule has 0 radical (unpaired) electrons. The van der Waals surface area contributed by atoms with Gasteiger partial charge in [0.05, 0.1) is 12.2 Å². The number of hydrogen-bond donors (Lipinski definition) is 1. The molecule has 1 aromatic heterocycles. The van der Waals surface area contributed by atoms with Gasteiger partial charge in [0.1, 0.15) is 0 Å². The molecule has 2 heterocycles. The van der Waals surface area contributed by atoms with Gasteiger partial charge in [0.15, 0.2) is 0 Å². The SMILES string of the molecule is CCOC(=O)N1CCN(c2ncc(C(=O)Nc3ccccc3C(C)C)cn2)CC1. The van der Waals surface area contributed by atoms with E-state index in [9.17, 15) is 9.59 Å². The average Bonchev–Trinajstić information content (AvgIpc) is 2.74.